The molecule has 0 aromatic heterocycles. The number of likely N-dealkylation sites (tertiary alicyclic amines) is 1. The molecule has 7 atom stereocenters. The largest absolute Gasteiger partial charge is 0.481 e. The number of nitrogens with zero attached hydrogens (tertiary/aromatic N) is 1. The highest BCUT2D eigenvalue weighted by molar-refractivity contribution is 5.88. The van der Waals surface area contributed by atoms with Gasteiger partial charge in [0.15, 0.2) is 6.10 Å². The molecule has 44 heavy (non-hydrogen) atoms. The van der Waals surface area contributed by atoms with Crippen LogP contribution >= 0.6 is 0 Å². The first-order valence-corrected chi connectivity index (χ1v) is 14.2. The fraction of sp³-hybridized carbons (Fsp3) is 0.567. The van der Waals surface area contributed by atoms with Gasteiger partial charge in [-0.15, -0.1) is 0 Å². The molecule has 1 aromatic rings. The number of carbonyl (C=O) groups is 5. The van der Waals surface area contributed by atoms with E-state index in [0.717, 1.165) is 12.5 Å². The maximum Gasteiger partial charge on any atom is 0.349 e. The Bertz CT molecular complexity index is 1410. The zero-order chi connectivity index (χ0) is 32.7. The summed E-state index contributed by atoms with van der Waals surface area (Å²) in [5.74, 6) is -7.87. The highest BCUT2D eigenvalue weighted by atomic mass is 16.6. The minimum atomic E-state index is -2.10. The number of rotatable bonds is 10. The molecule has 240 valence electrons. The number of aryl methyl sites for hydroxylation is 1. The Kier molecular flexibility index (Phi) is 9.10. The minimum absolute atomic E-state index is 0.0481. The number of carboxylic acids is 2. The standard InChI is InChI=1S/C30H37NO13/c1-14-6-7-18(13-32)24-22(14)29-10-11-31(5)16(3)30(29,40)9-8-19(25(29)44-24)42-27(38)15(2)23(41-17(4)33)28(39)43-20(26(36)37)12-21(34)35/h6-8,15-16,20,23,25,32,40H,9-13H2,1-5H3,(H,34,35)(H,36,37)/t15-,16-,20-,23-,25+,29+,30-/m1/s1. The van der Waals surface area contributed by atoms with E-state index >= 15 is 0 Å². The monoisotopic (exact) mass is 619 g/mol. The van der Waals surface area contributed by atoms with Crippen LogP contribution in [0.15, 0.2) is 24.0 Å². The Labute approximate surface area is 253 Å². The van der Waals surface area contributed by atoms with Gasteiger partial charge in [0.2, 0.25) is 12.2 Å². The van der Waals surface area contributed by atoms with Crippen LogP contribution in [0.1, 0.15) is 56.7 Å². The number of ether oxygens (including phenoxy) is 4. The van der Waals surface area contributed by atoms with Crippen LogP contribution in [0.3, 0.4) is 0 Å². The van der Waals surface area contributed by atoms with E-state index in [-0.39, 0.29) is 24.8 Å². The van der Waals surface area contributed by atoms with Crippen molar-refractivity contribution < 1.29 is 63.3 Å². The number of aliphatic carboxylic acids is 2. The number of benzene rings is 1. The molecule has 4 rings (SSSR count). The molecule has 0 bridgehead atoms. The van der Waals surface area contributed by atoms with E-state index in [0.29, 0.717) is 29.8 Å². The van der Waals surface area contributed by atoms with Crippen LogP contribution in [-0.4, -0.2) is 98.7 Å². The van der Waals surface area contributed by atoms with E-state index in [1.807, 2.05) is 31.9 Å². The third-order valence-electron chi connectivity index (χ3n) is 9.07. The summed E-state index contributed by atoms with van der Waals surface area (Å²) in [6.07, 6.45) is -4.09. The van der Waals surface area contributed by atoms with Gasteiger partial charge >= 0.3 is 29.8 Å². The zero-order valence-electron chi connectivity index (χ0n) is 25.1. The number of hydrogen-bond acceptors (Lipinski definition) is 12. The van der Waals surface area contributed by atoms with Crippen molar-refractivity contribution in [2.75, 3.05) is 13.6 Å². The smallest absolute Gasteiger partial charge is 0.349 e. The summed E-state index contributed by atoms with van der Waals surface area (Å²) in [5, 5.41) is 40.7. The number of hydrogen-bond donors (Lipinski definition) is 4. The molecule has 2 aliphatic heterocycles. The predicted octanol–water partition coefficient (Wildman–Crippen LogP) is 0.811. The van der Waals surface area contributed by atoms with Crippen LogP contribution in [0, 0.1) is 12.8 Å². The highest BCUT2D eigenvalue weighted by Gasteiger charge is 2.69. The van der Waals surface area contributed by atoms with Crippen molar-refractivity contribution in [2.45, 2.75) is 88.9 Å². The fourth-order valence-corrected chi connectivity index (χ4v) is 6.61. The molecule has 3 aliphatic rings. The first-order valence-electron chi connectivity index (χ1n) is 14.2. The topological polar surface area (TPSA) is 206 Å². The van der Waals surface area contributed by atoms with Crippen LogP contribution in [0.5, 0.6) is 5.75 Å². The lowest BCUT2D eigenvalue weighted by molar-refractivity contribution is -0.184. The summed E-state index contributed by atoms with van der Waals surface area (Å²) in [5.41, 5.74) is -0.407. The van der Waals surface area contributed by atoms with Crippen LogP contribution in [0.2, 0.25) is 0 Å². The molecule has 4 N–H and O–H groups in total. The predicted molar refractivity (Wildman–Crippen MR) is 148 cm³/mol. The van der Waals surface area contributed by atoms with Gasteiger partial charge in [-0.3, -0.25) is 14.4 Å². The summed E-state index contributed by atoms with van der Waals surface area (Å²) >= 11 is 0. The molecule has 14 heteroatoms. The van der Waals surface area contributed by atoms with Gasteiger partial charge < -0.3 is 44.3 Å². The number of esters is 3. The third kappa shape index (κ3) is 5.41. The van der Waals surface area contributed by atoms with Gasteiger partial charge in [0, 0.05) is 30.5 Å². The fourth-order valence-electron chi connectivity index (χ4n) is 6.61. The van der Waals surface area contributed by atoms with Crippen molar-refractivity contribution in [3.63, 3.8) is 0 Å². The summed E-state index contributed by atoms with van der Waals surface area (Å²) in [4.78, 5) is 62.7. The molecule has 14 nitrogen and oxygen atoms in total. The van der Waals surface area contributed by atoms with E-state index in [1.54, 1.807) is 6.07 Å². The Morgan fingerprint density at radius 3 is 2.41 bits per heavy atom. The Morgan fingerprint density at radius 1 is 1.14 bits per heavy atom. The van der Waals surface area contributed by atoms with Crippen LogP contribution in [0.25, 0.3) is 0 Å². The second-order valence-electron chi connectivity index (χ2n) is 11.6. The molecule has 1 aliphatic carbocycles. The molecule has 0 amide bonds. The van der Waals surface area contributed by atoms with Crippen molar-refractivity contribution in [1.82, 2.24) is 4.90 Å². The normalized spacial score (nSPS) is 27.7. The molecule has 2 heterocycles. The average Bonchev–Trinajstić information content (AvgIpc) is 3.32. The maximum absolute atomic E-state index is 13.5. The number of carboxylic acid groups (broad SMARTS) is 2. The van der Waals surface area contributed by atoms with Crippen molar-refractivity contribution in [3.8, 4) is 5.75 Å². The lowest BCUT2D eigenvalue weighted by atomic mass is 9.54. The Balaban J connectivity index is 1.68. The quantitative estimate of drug-likeness (QED) is 0.211. The van der Waals surface area contributed by atoms with Gasteiger partial charge in [-0.2, -0.15) is 0 Å². The van der Waals surface area contributed by atoms with Crippen LogP contribution in [-0.2, 0) is 50.2 Å². The first kappa shape index (κ1) is 32.9. The summed E-state index contributed by atoms with van der Waals surface area (Å²) in [7, 11) is 1.90. The van der Waals surface area contributed by atoms with Crippen molar-refractivity contribution >= 4 is 29.8 Å². The van der Waals surface area contributed by atoms with Gasteiger partial charge in [0.1, 0.15) is 17.4 Å². The molecule has 0 saturated carbocycles. The second-order valence-corrected chi connectivity index (χ2v) is 11.6. The Hall–Kier alpha value is -4.01. The summed E-state index contributed by atoms with van der Waals surface area (Å²) in [6.45, 7) is 6.18. The molecule has 1 saturated heterocycles. The number of aliphatic hydroxyl groups excluding tert-OH is 1. The molecule has 0 radical (unpaired) electrons. The van der Waals surface area contributed by atoms with E-state index in [1.165, 1.54) is 13.0 Å². The minimum Gasteiger partial charge on any atom is -0.481 e. The molecular formula is C30H37NO13. The molecule has 1 spiro atoms. The van der Waals surface area contributed by atoms with Gasteiger partial charge in [-0.1, -0.05) is 12.1 Å². The van der Waals surface area contributed by atoms with Gasteiger partial charge in [0.25, 0.3) is 0 Å². The van der Waals surface area contributed by atoms with Crippen molar-refractivity contribution in [3.05, 3.63) is 40.7 Å². The highest BCUT2D eigenvalue weighted by Crippen LogP contribution is 2.61. The van der Waals surface area contributed by atoms with Crippen molar-refractivity contribution in [1.29, 1.82) is 0 Å². The lowest BCUT2D eigenvalue weighted by Crippen LogP contribution is -2.71. The van der Waals surface area contributed by atoms with Gasteiger partial charge in [-0.05, 0) is 52.4 Å². The van der Waals surface area contributed by atoms with E-state index in [9.17, 15) is 39.3 Å². The Morgan fingerprint density at radius 2 is 1.82 bits per heavy atom. The third-order valence-corrected chi connectivity index (χ3v) is 9.07. The summed E-state index contributed by atoms with van der Waals surface area (Å²) in [6, 6.07) is 3.22. The average molecular weight is 620 g/mol. The molecule has 0 unspecified atom stereocenters. The van der Waals surface area contributed by atoms with E-state index in [2.05, 4.69) is 0 Å². The number of piperidine rings is 1. The van der Waals surface area contributed by atoms with Gasteiger partial charge in [0.05, 0.1) is 24.0 Å². The van der Waals surface area contributed by atoms with Gasteiger partial charge in [-0.25, -0.2) is 9.59 Å². The van der Waals surface area contributed by atoms with E-state index in [4.69, 9.17) is 24.1 Å². The zero-order valence-corrected chi connectivity index (χ0v) is 25.1. The number of carbonyl (C=O) groups excluding carboxylic acids is 3. The first-order chi connectivity index (χ1) is 20.6. The molecule has 1 aromatic carbocycles. The van der Waals surface area contributed by atoms with Crippen LogP contribution in [0.4, 0.5) is 0 Å². The molecule has 1 fully saturated rings. The SMILES string of the molecule is CC(=O)O[C@@H](C(=O)O[C@H](CC(=O)O)C(=O)O)[C@@H](C)C(=O)OC1=CC[C@@]2(O)[C@@H](C)N(C)CC[C@@]23c2c(C)ccc(CO)c2O[C@@H]13. The second kappa shape index (κ2) is 12.2. The lowest BCUT2D eigenvalue weighted by Gasteiger charge is -2.58. The van der Waals surface area contributed by atoms with Crippen LogP contribution < -0.4 is 4.74 Å². The molecular weight excluding hydrogens is 582 g/mol. The maximum atomic E-state index is 13.5. The number of aliphatic hydroxyl groups is 2. The number of fused-ring (bicyclic) bond motifs is 1. The van der Waals surface area contributed by atoms with Crippen molar-refractivity contribution in [2.24, 2.45) is 5.92 Å². The summed E-state index contributed by atoms with van der Waals surface area (Å²) < 4.78 is 22.0. The van der Waals surface area contributed by atoms with E-state index < -0.39 is 71.5 Å². The number of likely N-dealkylation sites (N-methyl/N-ethyl adjacent to an activating group) is 1.